The zero-order chi connectivity index (χ0) is 11.8. The van der Waals surface area contributed by atoms with Crippen LogP contribution in [0.15, 0.2) is 53.3 Å². The zero-order valence-corrected chi connectivity index (χ0v) is 10.6. The Hall–Kier alpha value is -1.81. The summed E-state index contributed by atoms with van der Waals surface area (Å²) in [7, 11) is 0. The number of hydrogen-bond donors (Lipinski definition) is 1. The van der Waals surface area contributed by atoms with Gasteiger partial charge in [0.05, 0.1) is 10.3 Å². The molecule has 0 amide bonds. The summed E-state index contributed by atoms with van der Waals surface area (Å²) < 4.78 is 2.98. The van der Waals surface area contributed by atoms with Gasteiger partial charge in [-0.05, 0) is 40.2 Å². The molecule has 2 aromatic heterocycles. The van der Waals surface area contributed by atoms with Gasteiger partial charge in [0.1, 0.15) is 5.65 Å². The van der Waals surface area contributed by atoms with Crippen LogP contribution < -0.4 is 5.73 Å². The molecule has 0 bridgehead atoms. The van der Waals surface area contributed by atoms with Gasteiger partial charge in [-0.2, -0.15) is 0 Å². The molecule has 84 valence electrons. The highest BCUT2D eigenvalue weighted by molar-refractivity contribution is 9.10. The lowest BCUT2D eigenvalue weighted by molar-refractivity contribution is 1.14. The molecule has 0 saturated heterocycles. The van der Waals surface area contributed by atoms with Crippen LogP contribution in [0.2, 0.25) is 0 Å². The molecule has 3 rings (SSSR count). The Morgan fingerprint density at radius 3 is 2.71 bits per heavy atom. The van der Waals surface area contributed by atoms with Crippen molar-refractivity contribution in [2.75, 3.05) is 5.73 Å². The minimum absolute atomic E-state index is 0.749. The number of nitrogen functional groups attached to an aromatic ring is 1. The maximum Gasteiger partial charge on any atom is 0.138 e. The van der Waals surface area contributed by atoms with Crippen molar-refractivity contribution in [2.45, 2.75) is 0 Å². The number of halogens is 1. The fraction of sp³-hybridized carbons (Fsp3) is 0. The lowest BCUT2D eigenvalue weighted by Crippen LogP contribution is -1.84. The molecule has 3 nitrogen and oxygen atoms in total. The third-order valence-electron chi connectivity index (χ3n) is 2.62. The average molecular weight is 288 g/mol. The Bertz CT molecular complexity index is 688. The quantitative estimate of drug-likeness (QED) is 0.551. The molecule has 0 atom stereocenters. The molecule has 0 saturated carbocycles. The van der Waals surface area contributed by atoms with Gasteiger partial charge in [0.2, 0.25) is 0 Å². The molecule has 2 N–H and O–H groups in total. The third kappa shape index (κ3) is 1.80. The summed E-state index contributed by atoms with van der Waals surface area (Å²) in [5, 5.41) is 0. The summed E-state index contributed by atoms with van der Waals surface area (Å²) in [6.07, 6.45) is 1.99. The number of benzene rings is 1. The summed E-state index contributed by atoms with van der Waals surface area (Å²) in [5.74, 6) is 0. The summed E-state index contributed by atoms with van der Waals surface area (Å²) in [4.78, 5) is 4.56. The Morgan fingerprint density at radius 2 is 1.94 bits per heavy atom. The second-order valence-corrected chi connectivity index (χ2v) is 4.64. The van der Waals surface area contributed by atoms with Crippen molar-refractivity contribution in [3.05, 3.63) is 53.3 Å². The van der Waals surface area contributed by atoms with E-state index in [2.05, 4.69) is 20.9 Å². The number of aromatic nitrogens is 2. The number of hydrogen-bond acceptors (Lipinski definition) is 2. The maximum atomic E-state index is 5.78. The molecule has 4 heteroatoms. The van der Waals surface area contributed by atoms with Gasteiger partial charge in [0.25, 0.3) is 0 Å². The second-order valence-electron chi connectivity index (χ2n) is 3.83. The molecule has 1 aromatic carbocycles. The highest BCUT2D eigenvalue weighted by Gasteiger charge is 2.05. The smallest absolute Gasteiger partial charge is 0.138 e. The first-order chi connectivity index (χ1) is 8.24. The first-order valence-corrected chi connectivity index (χ1v) is 6.03. The molecule has 0 spiro atoms. The summed E-state index contributed by atoms with van der Waals surface area (Å²) in [6, 6.07) is 13.7. The minimum Gasteiger partial charge on any atom is -0.399 e. The third-order valence-corrected chi connectivity index (χ3v) is 3.27. The van der Waals surface area contributed by atoms with Crippen molar-refractivity contribution in [3.63, 3.8) is 0 Å². The van der Waals surface area contributed by atoms with E-state index >= 15 is 0 Å². The molecule has 0 fully saturated rings. The molecule has 2 heterocycles. The largest absolute Gasteiger partial charge is 0.399 e. The number of rotatable bonds is 1. The SMILES string of the molecule is Nc1cccc(-c2cn3c(Br)cccc3n2)c1. The Kier molecular flexibility index (Phi) is 2.37. The van der Waals surface area contributed by atoms with E-state index in [1.54, 1.807) is 0 Å². The van der Waals surface area contributed by atoms with Crippen molar-refractivity contribution in [3.8, 4) is 11.3 Å². The van der Waals surface area contributed by atoms with E-state index < -0.39 is 0 Å². The van der Waals surface area contributed by atoms with E-state index in [9.17, 15) is 0 Å². The molecule has 0 unspecified atom stereocenters. The fourth-order valence-electron chi connectivity index (χ4n) is 1.81. The van der Waals surface area contributed by atoms with Gasteiger partial charge >= 0.3 is 0 Å². The van der Waals surface area contributed by atoms with Crippen molar-refractivity contribution < 1.29 is 0 Å². The van der Waals surface area contributed by atoms with Gasteiger partial charge in [0.15, 0.2) is 0 Å². The number of nitrogens with two attached hydrogens (primary N) is 1. The van der Waals surface area contributed by atoms with Crippen molar-refractivity contribution in [2.24, 2.45) is 0 Å². The predicted octanol–water partition coefficient (Wildman–Crippen LogP) is 3.35. The van der Waals surface area contributed by atoms with E-state index in [0.29, 0.717) is 0 Å². The van der Waals surface area contributed by atoms with Crippen LogP contribution in [-0.2, 0) is 0 Å². The molecule has 0 aliphatic heterocycles. The lowest BCUT2D eigenvalue weighted by atomic mass is 10.1. The molecule has 0 aliphatic rings. The molecule has 17 heavy (non-hydrogen) atoms. The minimum atomic E-state index is 0.749. The van der Waals surface area contributed by atoms with Gasteiger partial charge < -0.3 is 5.73 Å². The molecule has 0 aliphatic carbocycles. The highest BCUT2D eigenvalue weighted by atomic mass is 79.9. The average Bonchev–Trinajstić information content (AvgIpc) is 2.74. The summed E-state index contributed by atoms with van der Waals surface area (Å²) in [5.41, 5.74) is 9.39. The number of imidazole rings is 1. The standard InChI is InChI=1S/C13H10BrN3/c14-12-5-2-6-13-16-11(8-17(12)13)9-3-1-4-10(15)7-9/h1-8H,15H2. The van der Waals surface area contributed by atoms with Crippen LogP contribution in [0, 0.1) is 0 Å². The van der Waals surface area contributed by atoms with Crippen LogP contribution in [0.25, 0.3) is 16.9 Å². The summed E-state index contributed by atoms with van der Waals surface area (Å²) >= 11 is 3.50. The number of anilines is 1. The number of nitrogens with zero attached hydrogens (tertiary/aromatic N) is 2. The first-order valence-electron chi connectivity index (χ1n) is 5.23. The van der Waals surface area contributed by atoms with E-state index in [-0.39, 0.29) is 0 Å². The van der Waals surface area contributed by atoms with Gasteiger partial charge in [-0.15, -0.1) is 0 Å². The van der Waals surface area contributed by atoms with E-state index in [1.807, 2.05) is 53.1 Å². The topological polar surface area (TPSA) is 43.3 Å². The van der Waals surface area contributed by atoms with Crippen LogP contribution in [-0.4, -0.2) is 9.38 Å². The van der Waals surface area contributed by atoms with Gasteiger partial charge in [-0.3, -0.25) is 4.40 Å². The maximum absolute atomic E-state index is 5.78. The fourth-order valence-corrected chi connectivity index (χ4v) is 2.25. The second kappa shape index (κ2) is 3.89. The molecular weight excluding hydrogens is 278 g/mol. The molecule has 3 aromatic rings. The van der Waals surface area contributed by atoms with E-state index in [4.69, 9.17) is 5.73 Å². The zero-order valence-electron chi connectivity index (χ0n) is 8.97. The monoisotopic (exact) mass is 287 g/mol. The highest BCUT2D eigenvalue weighted by Crippen LogP contribution is 2.23. The van der Waals surface area contributed by atoms with Crippen LogP contribution in [0.4, 0.5) is 5.69 Å². The van der Waals surface area contributed by atoms with E-state index in [0.717, 1.165) is 27.2 Å². The number of pyridine rings is 1. The summed E-state index contributed by atoms with van der Waals surface area (Å²) in [6.45, 7) is 0. The number of fused-ring (bicyclic) bond motifs is 1. The molecule has 0 radical (unpaired) electrons. The van der Waals surface area contributed by atoms with Gasteiger partial charge in [0, 0.05) is 17.4 Å². The van der Waals surface area contributed by atoms with Crippen LogP contribution in [0.3, 0.4) is 0 Å². The van der Waals surface area contributed by atoms with Crippen LogP contribution >= 0.6 is 15.9 Å². The van der Waals surface area contributed by atoms with Crippen molar-refractivity contribution in [1.82, 2.24) is 9.38 Å². The van der Waals surface area contributed by atoms with Gasteiger partial charge in [-0.25, -0.2) is 4.98 Å². The first kappa shape index (κ1) is 10.4. The van der Waals surface area contributed by atoms with Gasteiger partial charge in [-0.1, -0.05) is 18.2 Å². The van der Waals surface area contributed by atoms with Crippen LogP contribution in [0.1, 0.15) is 0 Å². The lowest BCUT2D eigenvalue weighted by Gasteiger charge is -1.97. The predicted molar refractivity (Wildman–Crippen MR) is 72.7 cm³/mol. The molecular formula is C13H10BrN3. The Labute approximate surface area is 107 Å². The van der Waals surface area contributed by atoms with E-state index in [1.165, 1.54) is 0 Å². The Morgan fingerprint density at radius 1 is 1.12 bits per heavy atom. The van der Waals surface area contributed by atoms with Crippen molar-refractivity contribution in [1.29, 1.82) is 0 Å². The normalized spacial score (nSPS) is 10.9. The Balaban J connectivity index is 2.22. The van der Waals surface area contributed by atoms with Crippen molar-refractivity contribution >= 4 is 27.3 Å². The van der Waals surface area contributed by atoms with Crippen LogP contribution in [0.5, 0.6) is 0 Å².